The van der Waals surface area contributed by atoms with Gasteiger partial charge in [-0.3, -0.25) is 14.2 Å². The summed E-state index contributed by atoms with van der Waals surface area (Å²) in [6.07, 6.45) is 7.24. The molecule has 2 N–H and O–H groups in total. The maximum atomic E-state index is 13.5. The number of aryl methyl sites for hydroxylation is 1. The Bertz CT molecular complexity index is 3450. The predicted molar refractivity (Wildman–Crippen MR) is 268 cm³/mol. The third-order valence-corrected chi connectivity index (χ3v) is 16.2. The summed E-state index contributed by atoms with van der Waals surface area (Å²) in [6, 6.07) is 26.5. The molecule has 5 aliphatic heterocycles. The number of hydrogen-bond donors (Lipinski definition) is 2. The number of hydrogen-bond acceptors (Lipinski definition) is 9. The fourth-order valence-electron chi connectivity index (χ4n) is 11.2. The molecule has 4 aromatic carbocycles. The van der Waals surface area contributed by atoms with Crippen LogP contribution >= 0.6 is 23.2 Å². The lowest BCUT2D eigenvalue weighted by atomic mass is 9.74. The Kier molecular flexibility index (Phi) is 10.4. The van der Waals surface area contributed by atoms with Gasteiger partial charge in [-0.25, -0.2) is 13.4 Å². The Labute approximate surface area is 404 Å². The van der Waals surface area contributed by atoms with Gasteiger partial charge in [-0.15, -0.1) is 0 Å². The van der Waals surface area contributed by atoms with E-state index in [0.29, 0.717) is 49.6 Å². The van der Waals surface area contributed by atoms with Gasteiger partial charge in [0.15, 0.2) is 22.1 Å². The number of amides is 1. The predicted octanol–water partition coefficient (Wildman–Crippen LogP) is 9.24. The van der Waals surface area contributed by atoms with Crippen molar-refractivity contribution in [1.29, 1.82) is 0 Å². The number of halogens is 2. The largest absolute Gasteiger partial charge is 0.365 e. The highest BCUT2D eigenvalue weighted by molar-refractivity contribution is 7.90. The Morgan fingerprint density at radius 2 is 1.66 bits per heavy atom. The van der Waals surface area contributed by atoms with E-state index in [0.717, 1.165) is 54.0 Å². The van der Waals surface area contributed by atoms with Gasteiger partial charge in [-0.2, -0.15) is 9.56 Å². The van der Waals surface area contributed by atoms with Crippen molar-refractivity contribution < 1.29 is 22.5 Å². The maximum Gasteiger partial charge on any atom is 0.259 e. The molecule has 6 aromatic rings. The molecule has 0 saturated carbocycles. The molecule has 7 heterocycles. The van der Waals surface area contributed by atoms with Crippen molar-refractivity contribution in [2.45, 2.75) is 81.4 Å². The molecule has 5 aliphatic rings. The van der Waals surface area contributed by atoms with E-state index in [1.54, 1.807) is 43.6 Å². The first kappa shape index (κ1) is 44.4. The van der Waals surface area contributed by atoms with Gasteiger partial charge < -0.3 is 20.3 Å². The van der Waals surface area contributed by atoms with Crippen LogP contribution < -0.4 is 21.1 Å². The fraction of sp³-hybridized carbons (Fsp3) is 0.302. The lowest BCUT2D eigenvalue weighted by Crippen LogP contribution is -2.47. The monoisotopic (exact) mass is 966 g/mol. The molecule has 0 bridgehead atoms. The van der Waals surface area contributed by atoms with Crippen molar-refractivity contribution in [1.82, 2.24) is 19.9 Å². The lowest BCUT2D eigenvalue weighted by Gasteiger charge is -2.42. The second-order valence-electron chi connectivity index (χ2n) is 19.6. The van der Waals surface area contributed by atoms with Crippen molar-refractivity contribution in [2.24, 2.45) is 7.05 Å². The number of carbonyl (C=O) groups is 1. The van der Waals surface area contributed by atoms with E-state index in [1.807, 2.05) is 36.4 Å². The molecule has 12 nitrogen and oxygen atoms in total. The Morgan fingerprint density at radius 3 is 2.41 bits per heavy atom. The van der Waals surface area contributed by atoms with Crippen LogP contribution in [-0.2, 0) is 50.2 Å². The molecule has 2 aromatic heterocycles. The number of aromatic nitrogens is 3. The van der Waals surface area contributed by atoms with Crippen LogP contribution in [0, 0.1) is 0 Å². The first-order valence-electron chi connectivity index (χ1n) is 22.8. The minimum atomic E-state index is -3.36. The number of nitrogens with zero attached hydrogens (tertiary/aromatic N) is 5. The quantitative estimate of drug-likeness (QED) is 0.143. The van der Waals surface area contributed by atoms with E-state index < -0.39 is 15.3 Å². The summed E-state index contributed by atoms with van der Waals surface area (Å²) in [7, 11) is -1.71. The second-order valence-corrected chi connectivity index (χ2v) is 22.4. The molecule has 0 radical (unpaired) electrons. The number of allylic oxidation sites excluding steroid dienone is 1. The van der Waals surface area contributed by atoms with Gasteiger partial charge in [0.25, 0.3) is 5.56 Å². The SMILES string of the molecule is Cn1c(=O)c(-c2c(Cl)cccc2Cl)cc2cnc(Nc3ccc(CNC(=O)Cc4ccc5c(c4)C(C)(C)C4=C6C=C7C8=[N+](CCC7OC6CCN45)c4ccc(S(C)(=O)=O)cc4C8(C)C)cc3)nc21. The number of rotatable bonds is 8. The number of sulfone groups is 1. The smallest absolute Gasteiger partial charge is 0.259 e. The van der Waals surface area contributed by atoms with E-state index >= 15 is 0 Å². The third-order valence-electron chi connectivity index (χ3n) is 14.5. The minimum absolute atomic E-state index is 0.0195. The number of carbonyl (C=O) groups excluding carboxylic acids is 1. The molecule has 11 rings (SSSR count). The molecule has 15 heteroatoms. The van der Waals surface area contributed by atoms with Crippen LogP contribution in [-0.4, -0.2) is 70.7 Å². The van der Waals surface area contributed by atoms with E-state index in [-0.39, 0.29) is 35.5 Å². The van der Waals surface area contributed by atoms with E-state index in [2.05, 4.69) is 82.0 Å². The number of benzene rings is 4. The highest BCUT2D eigenvalue weighted by atomic mass is 35.5. The van der Waals surface area contributed by atoms with Gasteiger partial charge in [-0.1, -0.05) is 67.4 Å². The van der Waals surface area contributed by atoms with Gasteiger partial charge in [-0.05, 0) is 91.6 Å². The number of anilines is 3. The molecule has 0 spiro atoms. The Hall–Kier alpha value is -6.12. The number of nitrogens with one attached hydrogen (secondary N) is 2. The number of ether oxygens (including phenoxy) is 1. The molecule has 1 amide bonds. The lowest BCUT2D eigenvalue weighted by molar-refractivity contribution is -0.445. The Balaban J connectivity index is 0.778. The molecule has 0 aliphatic carbocycles. The highest BCUT2D eigenvalue weighted by Gasteiger charge is 2.54. The van der Waals surface area contributed by atoms with Crippen LogP contribution in [0.2, 0.25) is 10.0 Å². The first-order chi connectivity index (χ1) is 32.4. The molecule has 68 heavy (non-hydrogen) atoms. The van der Waals surface area contributed by atoms with E-state index in [9.17, 15) is 18.0 Å². The van der Waals surface area contributed by atoms with E-state index in [1.165, 1.54) is 44.6 Å². The average molecular weight is 968 g/mol. The molecule has 2 unspecified atom stereocenters. The normalized spacial score (nSPS) is 19.7. The van der Waals surface area contributed by atoms with Gasteiger partial charge in [0.2, 0.25) is 17.5 Å². The zero-order valence-electron chi connectivity index (χ0n) is 38.6. The summed E-state index contributed by atoms with van der Waals surface area (Å²) < 4.78 is 36.0. The molecule has 346 valence electrons. The van der Waals surface area contributed by atoms with Crippen LogP contribution in [0.4, 0.5) is 23.0 Å². The topological polar surface area (TPSA) is 139 Å². The number of fused-ring (bicyclic) bond motifs is 9. The summed E-state index contributed by atoms with van der Waals surface area (Å²) in [6.45, 7) is 11.0. The zero-order chi connectivity index (χ0) is 47.6. The summed E-state index contributed by atoms with van der Waals surface area (Å²) in [5, 5.41) is 7.75. The van der Waals surface area contributed by atoms with Crippen LogP contribution in [0.3, 0.4) is 0 Å². The van der Waals surface area contributed by atoms with Crippen LogP contribution in [0.1, 0.15) is 62.8 Å². The van der Waals surface area contributed by atoms with Crippen molar-refractivity contribution in [3.05, 3.63) is 157 Å². The van der Waals surface area contributed by atoms with Crippen molar-refractivity contribution >= 4 is 78.7 Å². The fourth-order valence-corrected chi connectivity index (χ4v) is 12.4. The third kappa shape index (κ3) is 7.19. The van der Waals surface area contributed by atoms with Gasteiger partial charge >= 0.3 is 0 Å². The van der Waals surface area contributed by atoms with Crippen molar-refractivity contribution in [3.8, 4) is 11.1 Å². The van der Waals surface area contributed by atoms with Gasteiger partial charge in [0.1, 0.15) is 5.65 Å². The highest BCUT2D eigenvalue weighted by Crippen LogP contribution is 2.54. The van der Waals surface area contributed by atoms with Gasteiger partial charge in [0, 0.05) is 95.2 Å². The minimum Gasteiger partial charge on any atom is -0.365 e. The summed E-state index contributed by atoms with van der Waals surface area (Å²) in [5.41, 5.74) is 12.1. The maximum absolute atomic E-state index is 13.5. The summed E-state index contributed by atoms with van der Waals surface area (Å²) in [5.74, 6) is 0.254. The Morgan fingerprint density at radius 1 is 0.912 bits per heavy atom. The standard InChI is InChI=1S/C53H49Cl2N7O5S/c1-52(2)37-22-30(23-45(63)56-27-29-10-13-32(14-11-29)58-51-57-28-31-24-36(50(64)60(5)49(31)59-51)46-39(54)8-7-9-40(46)55)12-16-41(37)61-20-18-43-34(47(52)61)26-35-44(67-43)19-21-62-42-17-15-33(68(6,65)66)25-38(42)53(3,4)48(35)62/h7-17,22,24-26,28,43-44H,18-21,23,27H2,1-6H3,(H-,56,57,58,59,63,64)/p+1. The van der Waals surface area contributed by atoms with Crippen molar-refractivity contribution in [2.75, 3.05) is 29.6 Å². The van der Waals surface area contributed by atoms with Crippen LogP contribution in [0.5, 0.6) is 0 Å². The summed E-state index contributed by atoms with van der Waals surface area (Å²) in [4.78, 5) is 38.8. The van der Waals surface area contributed by atoms with Crippen molar-refractivity contribution in [3.63, 3.8) is 0 Å². The van der Waals surface area contributed by atoms with Crippen LogP contribution in [0.15, 0.2) is 124 Å². The van der Waals surface area contributed by atoms with Gasteiger partial charge in [0.05, 0.1) is 44.5 Å². The van der Waals surface area contributed by atoms with E-state index in [4.69, 9.17) is 27.9 Å². The average Bonchev–Trinajstić information content (AvgIpc) is 3.68. The molecular weight excluding hydrogens is 918 g/mol. The molecule has 2 atom stereocenters. The second kappa shape index (κ2) is 16.0. The van der Waals surface area contributed by atoms with Crippen LogP contribution in [0.25, 0.3) is 22.2 Å². The molecular formula is C53H50Cl2N7O5S+. The zero-order valence-corrected chi connectivity index (χ0v) is 40.9. The summed E-state index contributed by atoms with van der Waals surface area (Å²) >= 11 is 12.9. The molecule has 0 saturated heterocycles. The first-order valence-corrected chi connectivity index (χ1v) is 25.5. The molecule has 0 fully saturated rings. The number of pyridine rings is 1.